The van der Waals surface area contributed by atoms with Gasteiger partial charge in [-0.3, -0.25) is 9.59 Å². The number of carbonyl (C=O) groups excluding carboxylic acids is 1. The predicted molar refractivity (Wildman–Crippen MR) is 108 cm³/mol. The molecule has 1 aliphatic rings. The van der Waals surface area contributed by atoms with Gasteiger partial charge in [-0.15, -0.1) is 0 Å². The topological polar surface area (TPSA) is 64.4 Å². The van der Waals surface area contributed by atoms with Crippen LogP contribution in [0.25, 0.3) is 16.5 Å². The first-order valence-corrected chi connectivity index (χ1v) is 9.57. The highest BCUT2D eigenvalue weighted by Crippen LogP contribution is 2.22. The van der Waals surface area contributed by atoms with Gasteiger partial charge in [-0.1, -0.05) is 18.2 Å². The normalized spacial score (nSPS) is 16.9. The van der Waals surface area contributed by atoms with E-state index in [1.165, 1.54) is 4.68 Å². The quantitative estimate of drug-likeness (QED) is 0.702. The van der Waals surface area contributed by atoms with E-state index in [4.69, 9.17) is 4.74 Å². The van der Waals surface area contributed by atoms with E-state index in [-0.39, 0.29) is 17.5 Å². The molecule has 0 saturated carbocycles. The second-order valence-electron chi connectivity index (χ2n) is 7.15. The Labute approximate surface area is 163 Å². The van der Waals surface area contributed by atoms with Crippen molar-refractivity contribution in [3.05, 3.63) is 64.6 Å². The van der Waals surface area contributed by atoms with Crippen LogP contribution in [-0.4, -0.2) is 40.3 Å². The van der Waals surface area contributed by atoms with Gasteiger partial charge in [-0.2, -0.15) is 9.78 Å². The molecule has 4 rings (SSSR count). The molecule has 3 aromatic rings. The first-order chi connectivity index (χ1) is 13.6. The summed E-state index contributed by atoms with van der Waals surface area (Å²) in [6, 6.07) is 14.4. The molecule has 1 amide bonds. The molecule has 1 fully saturated rings. The highest BCUT2D eigenvalue weighted by atomic mass is 16.5. The van der Waals surface area contributed by atoms with E-state index in [0.29, 0.717) is 27.9 Å². The van der Waals surface area contributed by atoms with Crippen molar-refractivity contribution in [2.24, 2.45) is 0 Å². The Kier molecular flexibility index (Phi) is 4.86. The standard InChI is InChI=1S/C22H23N3O3/c1-15-7-5-6-14-24(15)22(27)20-18-8-3-4-9-19(18)21(26)25(23-20)16-10-12-17(28-2)13-11-16/h3-4,8-13,15H,5-7,14H2,1-2H3/t15-/m0/s1. The van der Waals surface area contributed by atoms with E-state index in [9.17, 15) is 9.59 Å². The van der Waals surface area contributed by atoms with Gasteiger partial charge < -0.3 is 9.64 Å². The van der Waals surface area contributed by atoms with Gasteiger partial charge in [0.05, 0.1) is 18.2 Å². The van der Waals surface area contributed by atoms with Gasteiger partial charge in [-0.25, -0.2) is 0 Å². The number of nitrogens with zero attached hydrogens (tertiary/aromatic N) is 3. The Morgan fingerprint density at radius 1 is 1.07 bits per heavy atom. The fraction of sp³-hybridized carbons (Fsp3) is 0.318. The summed E-state index contributed by atoms with van der Waals surface area (Å²) in [5.41, 5.74) is 0.668. The molecule has 0 radical (unpaired) electrons. The minimum absolute atomic E-state index is 0.120. The van der Waals surface area contributed by atoms with E-state index in [1.807, 2.05) is 11.0 Å². The number of aromatic nitrogens is 2. The molecule has 0 bridgehead atoms. The van der Waals surface area contributed by atoms with Crippen LogP contribution in [-0.2, 0) is 0 Å². The molecule has 2 aromatic carbocycles. The van der Waals surface area contributed by atoms with Crippen molar-refractivity contribution in [2.75, 3.05) is 13.7 Å². The highest BCUT2D eigenvalue weighted by molar-refractivity contribution is 6.05. The van der Waals surface area contributed by atoms with E-state index < -0.39 is 0 Å². The second-order valence-corrected chi connectivity index (χ2v) is 7.15. The fourth-order valence-corrected chi connectivity index (χ4v) is 3.78. The lowest BCUT2D eigenvalue weighted by Gasteiger charge is -2.33. The molecule has 2 heterocycles. The van der Waals surface area contributed by atoms with E-state index in [0.717, 1.165) is 25.8 Å². The van der Waals surface area contributed by atoms with Crippen molar-refractivity contribution >= 4 is 16.7 Å². The molecule has 0 N–H and O–H groups in total. The Balaban J connectivity index is 1.89. The van der Waals surface area contributed by atoms with Crippen molar-refractivity contribution in [3.63, 3.8) is 0 Å². The Bertz CT molecular complexity index is 1070. The molecule has 28 heavy (non-hydrogen) atoms. The summed E-state index contributed by atoms with van der Waals surface area (Å²) in [4.78, 5) is 28.3. The number of hydrogen-bond donors (Lipinski definition) is 0. The SMILES string of the molecule is COc1ccc(-n2nc(C(=O)N3CCCC[C@@H]3C)c3ccccc3c2=O)cc1. The number of likely N-dealkylation sites (tertiary alicyclic amines) is 1. The van der Waals surface area contributed by atoms with Gasteiger partial charge >= 0.3 is 0 Å². The maximum Gasteiger partial charge on any atom is 0.279 e. The first kappa shape index (κ1) is 18.2. The zero-order valence-corrected chi connectivity index (χ0v) is 16.1. The summed E-state index contributed by atoms with van der Waals surface area (Å²) in [5.74, 6) is 0.571. The van der Waals surface area contributed by atoms with Gasteiger partial charge in [-0.05, 0) is 56.5 Å². The molecule has 6 heteroatoms. The van der Waals surface area contributed by atoms with E-state index >= 15 is 0 Å². The third-order valence-corrected chi connectivity index (χ3v) is 5.39. The van der Waals surface area contributed by atoms with Crippen LogP contribution < -0.4 is 10.3 Å². The first-order valence-electron chi connectivity index (χ1n) is 9.57. The van der Waals surface area contributed by atoms with Crippen LogP contribution in [0.15, 0.2) is 53.3 Å². The number of amides is 1. The predicted octanol–water partition coefficient (Wildman–Crippen LogP) is 3.41. The van der Waals surface area contributed by atoms with E-state index in [1.54, 1.807) is 49.6 Å². The summed E-state index contributed by atoms with van der Waals surface area (Å²) in [5, 5.41) is 5.59. The fourth-order valence-electron chi connectivity index (χ4n) is 3.78. The monoisotopic (exact) mass is 377 g/mol. The second kappa shape index (κ2) is 7.46. The van der Waals surface area contributed by atoms with Gasteiger partial charge in [0, 0.05) is 18.0 Å². The molecule has 1 aromatic heterocycles. The van der Waals surface area contributed by atoms with Crippen LogP contribution in [0.3, 0.4) is 0 Å². The number of rotatable bonds is 3. The maximum atomic E-state index is 13.3. The van der Waals surface area contributed by atoms with Crippen LogP contribution in [0, 0.1) is 0 Å². The summed E-state index contributed by atoms with van der Waals surface area (Å²) < 4.78 is 6.50. The van der Waals surface area contributed by atoms with Crippen molar-refractivity contribution in [3.8, 4) is 11.4 Å². The summed E-state index contributed by atoms with van der Waals surface area (Å²) >= 11 is 0. The molecule has 0 spiro atoms. The Morgan fingerprint density at radius 3 is 2.46 bits per heavy atom. The average Bonchev–Trinajstić information content (AvgIpc) is 2.74. The van der Waals surface area contributed by atoms with Crippen molar-refractivity contribution in [1.29, 1.82) is 0 Å². The highest BCUT2D eigenvalue weighted by Gasteiger charge is 2.27. The van der Waals surface area contributed by atoms with Crippen LogP contribution in [0.4, 0.5) is 0 Å². The zero-order valence-electron chi connectivity index (χ0n) is 16.1. The van der Waals surface area contributed by atoms with E-state index in [2.05, 4.69) is 12.0 Å². The number of fused-ring (bicyclic) bond motifs is 1. The third kappa shape index (κ3) is 3.15. The summed E-state index contributed by atoms with van der Waals surface area (Å²) in [6.45, 7) is 2.79. The summed E-state index contributed by atoms with van der Waals surface area (Å²) in [7, 11) is 1.59. The smallest absolute Gasteiger partial charge is 0.279 e. The van der Waals surface area contributed by atoms with Crippen molar-refractivity contribution < 1.29 is 9.53 Å². The molecule has 1 aliphatic heterocycles. The van der Waals surface area contributed by atoms with Gasteiger partial charge in [0.1, 0.15) is 5.75 Å². The minimum Gasteiger partial charge on any atom is -0.497 e. The molecule has 6 nitrogen and oxygen atoms in total. The number of methoxy groups -OCH3 is 1. The molecular formula is C22H23N3O3. The van der Waals surface area contributed by atoms with Crippen LogP contribution in [0.5, 0.6) is 5.75 Å². The van der Waals surface area contributed by atoms with Gasteiger partial charge in [0.25, 0.3) is 11.5 Å². The number of hydrogen-bond acceptors (Lipinski definition) is 4. The molecule has 1 saturated heterocycles. The summed E-state index contributed by atoms with van der Waals surface area (Å²) in [6.07, 6.45) is 3.11. The number of carbonyl (C=O) groups is 1. The Morgan fingerprint density at radius 2 is 1.79 bits per heavy atom. The molecule has 1 atom stereocenters. The maximum absolute atomic E-state index is 13.3. The van der Waals surface area contributed by atoms with Gasteiger partial charge in [0.15, 0.2) is 5.69 Å². The minimum atomic E-state index is -0.246. The molecule has 0 unspecified atom stereocenters. The lowest BCUT2D eigenvalue weighted by Crippen LogP contribution is -2.43. The third-order valence-electron chi connectivity index (χ3n) is 5.39. The zero-order chi connectivity index (χ0) is 19.7. The van der Waals surface area contributed by atoms with Crippen molar-refractivity contribution in [1.82, 2.24) is 14.7 Å². The molecular weight excluding hydrogens is 354 g/mol. The largest absolute Gasteiger partial charge is 0.497 e. The number of benzene rings is 2. The molecule has 0 aliphatic carbocycles. The van der Waals surface area contributed by atoms with Crippen LogP contribution >= 0.6 is 0 Å². The number of ether oxygens (including phenoxy) is 1. The Hall–Kier alpha value is -3.15. The molecule has 144 valence electrons. The number of piperidine rings is 1. The van der Waals surface area contributed by atoms with Gasteiger partial charge in [0.2, 0.25) is 0 Å². The lowest BCUT2D eigenvalue weighted by molar-refractivity contribution is 0.0630. The van der Waals surface area contributed by atoms with Crippen LogP contribution in [0.2, 0.25) is 0 Å². The van der Waals surface area contributed by atoms with Crippen molar-refractivity contribution in [2.45, 2.75) is 32.2 Å². The lowest BCUT2D eigenvalue weighted by atomic mass is 10.0. The average molecular weight is 377 g/mol. The van der Waals surface area contributed by atoms with Crippen LogP contribution in [0.1, 0.15) is 36.7 Å².